The molecule has 1 aliphatic rings. The molecule has 0 bridgehead atoms. The van der Waals surface area contributed by atoms with E-state index in [9.17, 15) is 8.42 Å². The summed E-state index contributed by atoms with van der Waals surface area (Å²) in [4.78, 5) is 2.64. The molecule has 0 aromatic carbocycles. The van der Waals surface area contributed by atoms with Crippen LogP contribution in [-0.4, -0.2) is 26.0 Å². The van der Waals surface area contributed by atoms with Crippen LogP contribution < -0.4 is 5.32 Å². The number of hydrogen-bond acceptors (Lipinski definition) is 4. The third-order valence-electron chi connectivity index (χ3n) is 3.49. The fraction of sp³-hybridized carbons (Fsp3) is 0.692. The van der Waals surface area contributed by atoms with Crippen LogP contribution in [0.4, 0.5) is 0 Å². The molecule has 0 aliphatic carbocycles. The van der Waals surface area contributed by atoms with Gasteiger partial charge in [0.1, 0.15) is 0 Å². The molecule has 102 valence electrons. The van der Waals surface area contributed by atoms with E-state index in [4.69, 9.17) is 0 Å². The van der Waals surface area contributed by atoms with Crippen molar-refractivity contribution in [1.82, 2.24) is 5.32 Å². The smallest absolute Gasteiger partial charge is 0.151 e. The third kappa shape index (κ3) is 3.33. The molecule has 2 rings (SSSR count). The minimum Gasteiger partial charge on any atom is -0.306 e. The van der Waals surface area contributed by atoms with Gasteiger partial charge in [-0.3, -0.25) is 0 Å². The SMILES string of the molecule is Cc1cc(C(C)NC2CCCS(=O)(=O)C2)c(C)s1. The number of nitrogens with one attached hydrogen (secondary N) is 1. The van der Waals surface area contributed by atoms with Crippen LogP contribution in [-0.2, 0) is 9.84 Å². The van der Waals surface area contributed by atoms with E-state index in [1.165, 1.54) is 15.3 Å². The van der Waals surface area contributed by atoms with E-state index in [1.54, 1.807) is 11.3 Å². The first kappa shape index (κ1) is 14.0. The van der Waals surface area contributed by atoms with Gasteiger partial charge in [-0.2, -0.15) is 0 Å². The maximum Gasteiger partial charge on any atom is 0.151 e. The molecule has 1 aromatic rings. The Morgan fingerprint density at radius 3 is 2.72 bits per heavy atom. The van der Waals surface area contributed by atoms with Gasteiger partial charge in [0, 0.05) is 21.8 Å². The maximum atomic E-state index is 11.6. The van der Waals surface area contributed by atoms with Crippen molar-refractivity contribution in [3.8, 4) is 0 Å². The molecule has 2 heterocycles. The van der Waals surface area contributed by atoms with Crippen molar-refractivity contribution in [3.05, 3.63) is 21.4 Å². The summed E-state index contributed by atoms with van der Waals surface area (Å²) in [7, 11) is -2.82. The van der Waals surface area contributed by atoms with Crippen LogP contribution in [0.15, 0.2) is 6.07 Å². The zero-order valence-electron chi connectivity index (χ0n) is 11.2. The predicted octanol–water partition coefficient (Wildman–Crippen LogP) is 2.59. The summed E-state index contributed by atoms with van der Waals surface area (Å²) < 4.78 is 23.2. The highest BCUT2D eigenvalue weighted by Gasteiger charge is 2.26. The van der Waals surface area contributed by atoms with Gasteiger partial charge in [0.2, 0.25) is 0 Å². The van der Waals surface area contributed by atoms with Crippen LogP contribution in [0, 0.1) is 13.8 Å². The molecule has 2 unspecified atom stereocenters. The molecule has 1 saturated heterocycles. The van der Waals surface area contributed by atoms with Gasteiger partial charge in [-0.1, -0.05) is 0 Å². The summed E-state index contributed by atoms with van der Waals surface area (Å²) in [6.45, 7) is 6.36. The van der Waals surface area contributed by atoms with Crippen molar-refractivity contribution in [2.45, 2.75) is 45.7 Å². The molecule has 18 heavy (non-hydrogen) atoms. The highest BCUT2D eigenvalue weighted by atomic mass is 32.2. The lowest BCUT2D eigenvalue weighted by molar-refractivity contribution is 0.437. The largest absolute Gasteiger partial charge is 0.306 e. The number of thiophene rings is 1. The monoisotopic (exact) mass is 287 g/mol. The lowest BCUT2D eigenvalue weighted by Crippen LogP contribution is -2.41. The van der Waals surface area contributed by atoms with E-state index in [1.807, 2.05) is 0 Å². The van der Waals surface area contributed by atoms with E-state index in [0.717, 1.165) is 12.8 Å². The van der Waals surface area contributed by atoms with Crippen LogP contribution in [0.3, 0.4) is 0 Å². The molecular weight excluding hydrogens is 266 g/mol. The number of hydrogen-bond donors (Lipinski definition) is 1. The normalized spacial score (nSPS) is 24.9. The van der Waals surface area contributed by atoms with E-state index in [-0.39, 0.29) is 12.1 Å². The molecule has 2 atom stereocenters. The molecule has 1 N–H and O–H groups in total. The van der Waals surface area contributed by atoms with Crippen LogP contribution in [0.1, 0.15) is 41.1 Å². The van der Waals surface area contributed by atoms with Crippen molar-refractivity contribution in [2.24, 2.45) is 0 Å². The average molecular weight is 287 g/mol. The summed E-state index contributed by atoms with van der Waals surface area (Å²) in [5, 5.41) is 3.47. The molecule has 1 aromatic heterocycles. The first-order chi connectivity index (χ1) is 8.37. The highest BCUT2D eigenvalue weighted by Crippen LogP contribution is 2.27. The molecule has 0 radical (unpaired) electrons. The van der Waals surface area contributed by atoms with Crippen molar-refractivity contribution < 1.29 is 8.42 Å². The predicted molar refractivity (Wildman–Crippen MR) is 77.0 cm³/mol. The fourth-order valence-electron chi connectivity index (χ4n) is 2.68. The van der Waals surface area contributed by atoms with Gasteiger partial charge < -0.3 is 5.32 Å². The first-order valence-corrected chi connectivity index (χ1v) is 9.04. The second-order valence-electron chi connectivity index (χ2n) is 5.21. The Kier molecular flexibility index (Phi) is 4.14. The van der Waals surface area contributed by atoms with Crippen LogP contribution in [0.2, 0.25) is 0 Å². The summed E-state index contributed by atoms with van der Waals surface area (Å²) >= 11 is 1.80. The Balaban J connectivity index is 2.03. The zero-order chi connectivity index (χ0) is 13.3. The van der Waals surface area contributed by atoms with Gasteiger partial charge in [-0.15, -0.1) is 11.3 Å². The Morgan fingerprint density at radius 1 is 1.44 bits per heavy atom. The Labute approximate surface area is 114 Å². The molecule has 3 nitrogen and oxygen atoms in total. The van der Waals surface area contributed by atoms with E-state index in [2.05, 4.69) is 32.2 Å². The fourth-order valence-corrected chi connectivity index (χ4v) is 5.35. The maximum absolute atomic E-state index is 11.6. The van der Waals surface area contributed by atoms with Crippen LogP contribution in [0.25, 0.3) is 0 Å². The topological polar surface area (TPSA) is 46.2 Å². The van der Waals surface area contributed by atoms with Crippen molar-refractivity contribution in [1.29, 1.82) is 0 Å². The third-order valence-corrected chi connectivity index (χ3v) is 6.30. The molecule has 0 amide bonds. The molecule has 1 fully saturated rings. The zero-order valence-corrected chi connectivity index (χ0v) is 12.8. The highest BCUT2D eigenvalue weighted by molar-refractivity contribution is 7.91. The van der Waals surface area contributed by atoms with Crippen molar-refractivity contribution >= 4 is 21.2 Å². The quantitative estimate of drug-likeness (QED) is 0.929. The van der Waals surface area contributed by atoms with Gasteiger partial charge in [0.25, 0.3) is 0 Å². The summed E-state index contributed by atoms with van der Waals surface area (Å²) in [6, 6.07) is 2.54. The van der Waals surface area contributed by atoms with Gasteiger partial charge in [0.15, 0.2) is 9.84 Å². The van der Waals surface area contributed by atoms with Crippen molar-refractivity contribution in [3.63, 3.8) is 0 Å². The molecule has 0 spiro atoms. The Hall–Kier alpha value is -0.390. The minimum atomic E-state index is -2.82. The Bertz CT molecular complexity index is 519. The second kappa shape index (κ2) is 5.31. The summed E-state index contributed by atoms with van der Waals surface area (Å²) in [5.74, 6) is 0.648. The van der Waals surface area contributed by atoms with Gasteiger partial charge in [-0.25, -0.2) is 8.42 Å². The lowest BCUT2D eigenvalue weighted by Gasteiger charge is -2.26. The van der Waals surface area contributed by atoms with E-state index < -0.39 is 9.84 Å². The van der Waals surface area contributed by atoms with Crippen LogP contribution >= 0.6 is 11.3 Å². The minimum absolute atomic E-state index is 0.110. The first-order valence-electron chi connectivity index (χ1n) is 6.41. The van der Waals surface area contributed by atoms with Gasteiger partial charge in [0.05, 0.1) is 11.5 Å². The second-order valence-corrected chi connectivity index (χ2v) is 8.90. The van der Waals surface area contributed by atoms with E-state index >= 15 is 0 Å². The summed E-state index contributed by atoms with van der Waals surface area (Å²) in [6.07, 6.45) is 1.75. The molecular formula is C13H21NO2S2. The van der Waals surface area contributed by atoms with Crippen molar-refractivity contribution in [2.75, 3.05) is 11.5 Å². The van der Waals surface area contributed by atoms with Gasteiger partial charge >= 0.3 is 0 Å². The summed E-state index contributed by atoms with van der Waals surface area (Å²) in [5.41, 5.74) is 1.31. The lowest BCUT2D eigenvalue weighted by atomic mass is 10.1. The molecule has 5 heteroatoms. The number of aryl methyl sites for hydroxylation is 2. The molecule has 0 saturated carbocycles. The Morgan fingerprint density at radius 2 is 2.17 bits per heavy atom. The average Bonchev–Trinajstić information content (AvgIpc) is 2.56. The standard InChI is InChI=1S/C13H21NO2S2/c1-9-7-13(11(3)17-9)10(2)14-12-5-4-6-18(15,16)8-12/h7,10,12,14H,4-6,8H2,1-3H3. The number of rotatable bonds is 3. The van der Waals surface area contributed by atoms with E-state index in [0.29, 0.717) is 11.5 Å². The number of sulfone groups is 1. The van der Waals surface area contributed by atoms with Gasteiger partial charge in [-0.05, 0) is 45.2 Å². The van der Waals surface area contributed by atoms with Crippen LogP contribution in [0.5, 0.6) is 0 Å². The molecule has 1 aliphatic heterocycles.